The molecule has 0 radical (unpaired) electrons. The summed E-state index contributed by atoms with van der Waals surface area (Å²) >= 11 is 0. The number of pyridine rings is 2. The quantitative estimate of drug-likeness (QED) is 0.0715. The van der Waals surface area contributed by atoms with Crippen LogP contribution in [0.4, 0.5) is 0 Å². The number of aryl methyl sites for hydroxylation is 1. The molecule has 4 heteroatoms. The highest BCUT2D eigenvalue weighted by Crippen LogP contribution is 2.38. The second-order valence-corrected chi connectivity index (χ2v) is 25.5. The number of allylic oxidation sites excluding steroid dienone is 14. The van der Waals surface area contributed by atoms with Crippen molar-refractivity contribution in [3.05, 3.63) is 436 Å². The number of imidazole rings is 1. The first-order valence-corrected chi connectivity index (χ1v) is 35.9. The fourth-order valence-electron chi connectivity index (χ4n) is 12.8. The summed E-state index contributed by atoms with van der Waals surface area (Å²) in [6, 6.07) is 96.0. The van der Waals surface area contributed by atoms with Gasteiger partial charge in [-0.15, -0.1) is 13.2 Å². The van der Waals surface area contributed by atoms with Gasteiger partial charge in [-0.1, -0.05) is 347 Å². The minimum absolute atomic E-state index is 0.412. The lowest BCUT2D eigenvalue weighted by molar-refractivity contribution is 0.836. The molecule has 15 rings (SSSR count). The number of nitrogens with zero attached hydrogens (tertiary/aromatic N) is 4. The van der Waals surface area contributed by atoms with Gasteiger partial charge in [-0.3, -0.25) is 14.5 Å². The maximum Gasteiger partial charge on any atom is 0.145 e. The Kier molecular flexibility index (Phi) is 25.2. The van der Waals surface area contributed by atoms with Crippen LogP contribution in [0.25, 0.3) is 130 Å². The Morgan fingerprint density at radius 1 is 0.467 bits per heavy atom. The van der Waals surface area contributed by atoms with Crippen LogP contribution in [0.1, 0.15) is 53.5 Å². The summed E-state index contributed by atoms with van der Waals surface area (Å²) < 4.78 is 2.25. The van der Waals surface area contributed by atoms with E-state index < -0.39 is 0 Å². The molecule has 510 valence electrons. The van der Waals surface area contributed by atoms with Crippen LogP contribution in [-0.2, 0) is 6.42 Å². The van der Waals surface area contributed by atoms with Crippen molar-refractivity contribution in [2.45, 2.75) is 32.1 Å². The summed E-state index contributed by atoms with van der Waals surface area (Å²) in [6.45, 7) is 19.1. The van der Waals surface area contributed by atoms with Gasteiger partial charge in [-0.2, -0.15) is 0 Å². The first-order chi connectivity index (χ1) is 51.8. The average molecular weight is 1360 g/mol. The van der Waals surface area contributed by atoms with Crippen LogP contribution < -0.4 is 10.4 Å². The normalized spacial score (nSPS) is 13.0. The highest BCUT2D eigenvalue weighted by Gasteiger charge is 2.16. The number of benzene rings is 9. The summed E-state index contributed by atoms with van der Waals surface area (Å²) in [5.41, 5.74) is 21.2. The molecule has 0 N–H and O–H groups in total. The molecule has 1 atom stereocenters. The van der Waals surface area contributed by atoms with Gasteiger partial charge < -0.3 is 0 Å². The number of para-hydroxylation sites is 4. The fraction of sp³-hybridized carbons (Fsp3) is 0.0594. The average Bonchev–Trinajstić information content (AvgIpc) is 1.75. The predicted octanol–water partition coefficient (Wildman–Crippen LogP) is 25.4. The third-order valence-corrected chi connectivity index (χ3v) is 18.3. The van der Waals surface area contributed by atoms with E-state index in [1.807, 2.05) is 91.3 Å². The Hall–Kier alpha value is -13.2. The summed E-state index contributed by atoms with van der Waals surface area (Å²) in [5, 5.41) is 5.89. The van der Waals surface area contributed by atoms with Gasteiger partial charge in [0.25, 0.3) is 0 Å². The number of hydrogen-bond acceptors (Lipinski definition) is 3. The smallest absolute Gasteiger partial charge is 0.145 e. The molecule has 0 spiro atoms. The van der Waals surface area contributed by atoms with E-state index in [1.54, 1.807) is 12.2 Å². The van der Waals surface area contributed by atoms with Gasteiger partial charge in [0.1, 0.15) is 5.82 Å². The van der Waals surface area contributed by atoms with Crippen LogP contribution in [0.3, 0.4) is 0 Å². The zero-order chi connectivity index (χ0) is 72.2. The minimum atomic E-state index is 0.412. The molecular weight excluding hydrogens is 1270 g/mol. The number of rotatable bonds is 16. The van der Waals surface area contributed by atoms with E-state index >= 15 is 0 Å². The monoisotopic (exact) mass is 1350 g/mol. The minimum Gasteiger partial charge on any atom is -0.292 e. The van der Waals surface area contributed by atoms with Gasteiger partial charge in [0.15, 0.2) is 0 Å². The van der Waals surface area contributed by atoms with E-state index in [2.05, 4.69) is 334 Å². The molecule has 0 saturated carbocycles. The molecule has 2 aliphatic carbocycles. The van der Waals surface area contributed by atoms with E-state index in [0.29, 0.717) is 5.92 Å². The van der Waals surface area contributed by atoms with Crippen LogP contribution in [0, 0.1) is 5.92 Å². The van der Waals surface area contributed by atoms with E-state index in [9.17, 15) is 0 Å². The maximum absolute atomic E-state index is 5.11. The Morgan fingerprint density at radius 3 is 1.82 bits per heavy atom. The van der Waals surface area contributed by atoms with Crippen molar-refractivity contribution in [3.63, 3.8) is 0 Å². The summed E-state index contributed by atoms with van der Waals surface area (Å²) in [4.78, 5) is 14.4. The van der Waals surface area contributed by atoms with Gasteiger partial charge in [-0.05, 0) is 175 Å². The first kappa shape index (κ1) is 71.7. The van der Waals surface area contributed by atoms with Crippen molar-refractivity contribution in [3.8, 4) is 61.7 Å². The lowest BCUT2D eigenvalue weighted by Gasteiger charge is -2.15. The summed E-state index contributed by atoms with van der Waals surface area (Å²) in [6.07, 6.45) is 46.3. The Labute approximate surface area is 619 Å². The molecule has 4 nitrogen and oxygen atoms in total. The van der Waals surface area contributed by atoms with E-state index in [4.69, 9.17) is 9.97 Å². The molecule has 0 amide bonds. The van der Waals surface area contributed by atoms with Crippen molar-refractivity contribution in [2.75, 3.05) is 0 Å². The molecule has 2 aliphatic rings. The number of fused-ring (bicyclic) bond motifs is 5. The zero-order valence-corrected chi connectivity index (χ0v) is 59.5. The predicted molar refractivity (Wildman–Crippen MR) is 454 cm³/mol. The van der Waals surface area contributed by atoms with Gasteiger partial charge in [0, 0.05) is 40.2 Å². The molecular formula is C101H86N4. The molecule has 0 fully saturated rings. The summed E-state index contributed by atoms with van der Waals surface area (Å²) in [7, 11) is 0. The maximum atomic E-state index is 5.11. The van der Waals surface area contributed by atoms with Crippen LogP contribution in [-0.4, -0.2) is 19.5 Å². The molecule has 0 aliphatic heterocycles. The second-order valence-electron chi connectivity index (χ2n) is 25.5. The third-order valence-electron chi connectivity index (χ3n) is 18.3. The van der Waals surface area contributed by atoms with E-state index in [0.717, 1.165) is 121 Å². The van der Waals surface area contributed by atoms with Crippen molar-refractivity contribution < 1.29 is 0 Å². The molecule has 3 aromatic heterocycles. The van der Waals surface area contributed by atoms with Gasteiger partial charge >= 0.3 is 0 Å². The molecule has 3 heterocycles. The Balaban J connectivity index is 0.000000171. The molecule has 1 unspecified atom stereocenters. The van der Waals surface area contributed by atoms with E-state index in [-0.39, 0.29) is 0 Å². The number of hydrogen-bond donors (Lipinski definition) is 0. The van der Waals surface area contributed by atoms with E-state index in [1.165, 1.54) is 49.2 Å². The third kappa shape index (κ3) is 19.1. The molecule has 0 bridgehead atoms. The highest BCUT2D eigenvalue weighted by atomic mass is 15.1. The van der Waals surface area contributed by atoms with Crippen LogP contribution in [0.2, 0.25) is 0 Å². The van der Waals surface area contributed by atoms with Gasteiger partial charge in [-0.25, -0.2) is 4.98 Å². The fourth-order valence-corrected chi connectivity index (χ4v) is 12.8. The molecule has 105 heavy (non-hydrogen) atoms. The topological polar surface area (TPSA) is 43.6 Å². The lowest BCUT2D eigenvalue weighted by atomic mass is 9.90. The van der Waals surface area contributed by atoms with Crippen molar-refractivity contribution in [1.82, 2.24) is 19.5 Å². The van der Waals surface area contributed by atoms with Crippen molar-refractivity contribution in [1.29, 1.82) is 0 Å². The van der Waals surface area contributed by atoms with Gasteiger partial charge in [0.2, 0.25) is 0 Å². The number of aromatic nitrogens is 4. The molecule has 10 aromatic carbocycles. The zero-order valence-electron chi connectivity index (χ0n) is 59.5. The summed E-state index contributed by atoms with van der Waals surface area (Å²) in [5.74, 6) is 1.34. The van der Waals surface area contributed by atoms with Crippen LogP contribution >= 0.6 is 0 Å². The Morgan fingerprint density at radius 2 is 1.09 bits per heavy atom. The largest absolute Gasteiger partial charge is 0.292 e. The van der Waals surface area contributed by atoms with Crippen LogP contribution in [0.15, 0.2) is 397 Å². The van der Waals surface area contributed by atoms with Gasteiger partial charge in [0.05, 0.1) is 22.2 Å². The highest BCUT2D eigenvalue weighted by molar-refractivity contribution is 6.04. The van der Waals surface area contributed by atoms with Crippen molar-refractivity contribution in [2.24, 2.45) is 5.92 Å². The lowest BCUT2D eigenvalue weighted by Crippen LogP contribution is -2.23. The SMILES string of the molecule is C1=c2ccc(-c3ccc(-c4cnc5ccccc5c4)nc3)cc2=C/C=C/CC/C=C/1.C=C(/C=C\c1ccccc1)c1ccccccc(-c2ccc3c(c2)CCC=C3)c2cc(-c3ccc(-c4nc5ccccc5n4-c4ccccc4)cc3)ccc12.C=C/C=C\C(C=C)CC=C.C=C/C=C\c1ccccc1. The second kappa shape index (κ2) is 37.0. The van der Waals surface area contributed by atoms with Crippen molar-refractivity contribution >= 4 is 68.7 Å². The first-order valence-electron chi connectivity index (χ1n) is 35.9. The Bertz CT molecular complexity index is 5590. The standard InChI is InChI=1S/C53H40N2.C28H22N2.C10H10.C10H14/c1-38(26-27-39-16-6-4-7-17-39)47-22-10-2-3-11-23-48(45-33-30-40-18-12-13-19-43(40)36-45)50-37-44(34-35-49(47)50)41-28-31-42(32-29-41)53-54-51-24-14-15-25-52(51)55(53)46-20-8-5-9-21-46;1-2-4-6-10-22-17-23(14-13-21(22)9-5-3-1)25-15-16-28(29-19-25)26-18-24-11-7-8-12-27(24)30-20-26;1-2-3-7-10-8-5-4-6-9-10;1-4-7-9-10(6-3)8-5-2/h2-12,14-18,20-37H,1,13,19H2;3-20H,1-2H2;2-9H,1H2;4-7,9-10H,1-3,8H2/b3-2?,10-2?,11-3?,22-10?,23-11?,27-26-,47-22?,48-23?,49-47?,50-48?;5-3+,6-4+,21-9?,22-10?;7-3-;9-7-. The molecule has 13 aromatic rings. The molecule has 0 saturated heterocycles. The van der Waals surface area contributed by atoms with Crippen LogP contribution in [0.5, 0.6) is 0 Å².